The summed E-state index contributed by atoms with van der Waals surface area (Å²) in [5.41, 5.74) is 1.11. The lowest BCUT2D eigenvalue weighted by molar-refractivity contribution is -0.147. The first kappa shape index (κ1) is 26.6. The third-order valence-electron chi connectivity index (χ3n) is 4.80. The van der Waals surface area contributed by atoms with E-state index in [-0.39, 0.29) is 25.2 Å². The van der Waals surface area contributed by atoms with E-state index in [1.54, 1.807) is 72.8 Å². The van der Waals surface area contributed by atoms with Crippen LogP contribution in [0.5, 0.6) is 17.2 Å². The number of amides is 2. The normalized spacial score (nSPS) is 10.3. The molecule has 0 radical (unpaired) electrons. The Hall–Kier alpha value is -4.04. The fraction of sp³-hybridized carbons (Fsp3) is 0.222. The Morgan fingerprint density at radius 3 is 2.17 bits per heavy atom. The van der Waals surface area contributed by atoms with Crippen molar-refractivity contribution < 1.29 is 28.6 Å². The summed E-state index contributed by atoms with van der Waals surface area (Å²) in [6, 6.07) is 20.9. The molecule has 0 heterocycles. The van der Waals surface area contributed by atoms with Crippen molar-refractivity contribution in [2.75, 3.05) is 23.8 Å². The highest BCUT2D eigenvalue weighted by Gasteiger charge is 2.11. The number of esters is 1. The molecule has 3 aromatic rings. The Morgan fingerprint density at radius 2 is 1.47 bits per heavy atom. The predicted octanol–water partition coefficient (Wildman–Crippen LogP) is 5.82. The van der Waals surface area contributed by atoms with E-state index >= 15 is 0 Å². The number of halogens is 1. The molecule has 8 nitrogen and oxygen atoms in total. The van der Waals surface area contributed by atoms with Gasteiger partial charge in [0, 0.05) is 23.6 Å². The van der Waals surface area contributed by atoms with Gasteiger partial charge < -0.3 is 24.8 Å². The van der Waals surface area contributed by atoms with E-state index in [2.05, 4.69) is 10.6 Å². The molecule has 2 N–H and O–H groups in total. The third-order valence-corrected chi connectivity index (χ3v) is 5.05. The Labute approximate surface area is 214 Å². The van der Waals surface area contributed by atoms with Crippen LogP contribution in [-0.2, 0) is 19.1 Å². The largest absolute Gasteiger partial charge is 0.492 e. The van der Waals surface area contributed by atoms with Crippen molar-refractivity contribution in [2.45, 2.75) is 26.2 Å². The van der Waals surface area contributed by atoms with Gasteiger partial charge >= 0.3 is 5.97 Å². The molecule has 188 valence electrons. The summed E-state index contributed by atoms with van der Waals surface area (Å²) < 4.78 is 16.2. The molecule has 0 fully saturated rings. The zero-order valence-corrected chi connectivity index (χ0v) is 20.5. The number of rotatable bonds is 12. The van der Waals surface area contributed by atoms with Gasteiger partial charge in [-0.25, -0.2) is 0 Å². The van der Waals surface area contributed by atoms with E-state index in [0.29, 0.717) is 40.3 Å². The summed E-state index contributed by atoms with van der Waals surface area (Å²) in [6.45, 7) is 1.88. The average molecular weight is 511 g/mol. The van der Waals surface area contributed by atoms with E-state index in [1.807, 2.05) is 6.92 Å². The van der Waals surface area contributed by atoms with Crippen molar-refractivity contribution >= 4 is 40.8 Å². The topological polar surface area (TPSA) is 103 Å². The van der Waals surface area contributed by atoms with Gasteiger partial charge in [-0.3, -0.25) is 14.4 Å². The second-order valence-corrected chi connectivity index (χ2v) is 8.06. The molecule has 0 aliphatic heterocycles. The van der Waals surface area contributed by atoms with Gasteiger partial charge in [-0.1, -0.05) is 23.7 Å². The molecule has 0 saturated heterocycles. The Balaban J connectivity index is 1.33. The van der Waals surface area contributed by atoms with Crippen LogP contribution in [0.1, 0.15) is 26.2 Å². The molecule has 2 amide bonds. The van der Waals surface area contributed by atoms with Gasteiger partial charge in [0.1, 0.15) is 17.2 Å². The lowest BCUT2D eigenvalue weighted by Crippen LogP contribution is -2.21. The van der Waals surface area contributed by atoms with Crippen molar-refractivity contribution in [1.29, 1.82) is 0 Å². The minimum Gasteiger partial charge on any atom is -0.492 e. The highest BCUT2D eigenvalue weighted by molar-refractivity contribution is 6.30. The number of carbonyl (C=O) groups is 3. The number of para-hydroxylation sites is 2. The van der Waals surface area contributed by atoms with Crippen molar-refractivity contribution in [3.8, 4) is 17.2 Å². The summed E-state index contributed by atoms with van der Waals surface area (Å²) in [7, 11) is 0. The van der Waals surface area contributed by atoms with Gasteiger partial charge in [0.05, 0.1) is 12.3 Å². The zero-order chi connectivity index (χ0) is 25.8. The first-order chi connectivity index (χ1) is 17.4. The Bertz CT molecular complexity index is 1170. The van der Waals surface area contributed by atoms with E-state index in [4.69, 9.17) is 25.8 Å². The van der Waals surface area contributed by atoms with Crippen molar-refractivity contribution in [2.24, 2.45) is 0 Å². The highest BCUT2D eigenvalue weighted by Crippen LogP contribution is 2.25. The van der Waals surface area contributed by atoms with Crippen LogP contribution < -0.4 is 20.1 Å². The van der Waals surface area contributed by atoms with Crippen LogP contribution in [0, 0.1) is 0 Å². The van der Waals surface area contributed by atoms with Crippen molar-refractivity contribution in [3.05, 3.63) is 77.8 Å². The molecule has 0 bridgehead atoms. The van der Waals surface area contributed by atoms with Crippen LogP contribution in [0.4, 0.5) is 11.4 Å². The molecule has 0 aromatic heterocycles. The van der Waals surface area contributed by atoms with Gasteiger partial charge in [0.15, 0.2) is 6.61 Å². The smallest absolute Gasteiger partial charge is 0.306 e. The Morgan fingerprint density at radius 1 is 0.806 bits per heavy atom. The summed E-state index contributed by atoms with van der Waals surface area (Å²) >= 11 is 5.86. The number of benzene rings is 3. The van der Waals surface area contributed by atoms with E-state index in [9.17, 15) is 14.4 Å². The number of ether oxygens (including phenoxy) is 3. The molecule has 0 aliphatic rings. The van der Waals surface area contributed by atoms with Gasteiger partial charge in [-0.05, 0) is 74.0 Å². The van der Waals surface area contributed by atoms with Gasteiger partial charge in [-0.2, -0.15) is 0 Å². The van der Waals surface area contributed by atoms with Crippen LogP contribution in [0.15, 0.2) is 72.8 Å². The maximum absolute atomic E-state index is 12.2. The van der Waals surface area contributed by atoms with Crippen molar-refractivity contribution in [1.82, 2.24) is 0 Å². The molecule has 3 rings (SSSR count). The maximum atomic E-state index is 12.2. The number of hydrogen-bond acceptors (Lipinski definition) is 6. The molecule has 36 heavy (non-hydrogen) atoms. The lowest BCUT2D eigenvalue weighted by Gasteiger charge is -2.11. The molecule has 0 spiro atoms. The fourth-order valence-corrected chi connectivity index (χ4v) is 3.24. The molecular formula is C27H27ClN2O6. The summed E-state index contributed by atoms with van der Waals surface area (Å²) in [4.78, 5) is 36.2. The molecule has 0 atom stereocenters. The molecule has 9 heteroatoms. The van der Waals surface area contributed by atoms with Crippen LogP contribution in [0.25, 0.3) is 0 Å². The first-order valence-corrected chi connectivity index (χ1v) is 11.8. The Kier molecular flexibility index (Phi) is 10.1. The monoisotopic (exact) mass is 510 g/mol. The number of nitrogens with one attached hydrogen (secondary N) is 2. The molecule has 0 unspecified atom stereocenters. The molecule has 0 aliphatic carbocycles. The number of hydrogen-bond donors (Lipinski definition) is 2. The number of anilines is 2. The maximum Gasteiger partial charge on any atom is 0.306 e. The summed E-state index contributed by atoms with van der Waals surface area (Å²) in [5.74, 6) is 0.532. The van der Waals surface area contributed by atoms with Crippen LogP contribution >= 0.6 is 11.6 Å². The number of carbonyl (C=O) groups excluding carboxylic acids is 3. The molecule has 3 aromatic carbocycles. The quantitative estimate of drug-likeness (QED) is 0.297. The second-order valence-electron chi connectivity index (χ2n) is 7.62. The highest BCUT2D eigenvalue weighted by atomic mass is 35.5. The summed E-state index contributed by atoms with van der Waals surface area (Å²) in [5, 5.41) is 6.04. The minimum atomic E-state index is -0.556. The SMILES string of the molecule is CCOc1ccccc1NC(=O)COC(=O)CCCC(=O)Nc1ccc(Oc2ccc(Cl)cc2)cc1. The average Bonchev–Trinajstić information content (AvgIpc) is 2.87. The van der Waals surface area contributed by atoms with Crippen LogP contribution in [0.3, 0.4) is 0 Å². The first-order valence-electron chi connectivity index (χ1n) is 11.4. The van der Waals surface area contributed by atoms with Gasteiger partial charge in [-0.15, -0.1) is 0 Å². The predicted molar refractivity (Wildman–Crippen MR) is 138 cm³/mol. The second kappa shape index (κ2) is 13.7. The van der Waals surface area contributed by atoms with E-state index < -0.39 is 18.5 Å². The van der Waals surface area contributed by atoms with Crippen molar-refractivity contribution in [3.63, 3.8) is 0 Å². The fourth-order valence-electron chi connectivity index (χ4n) is 3.12. The van der Waals surface area contributed by atoms with E-state index in [1.165, 1.54) is 0 Å². The van der Waals surface area contributed by atoms with Crippen LogP contribution in [-0.4, -0.2) is 31.0 Å². The van der Waals surface area contributed by atoms with Gasteiger partial charge in [0.2, 0.25) is 5.91 Å². The molecule has 0 saturated carbocycles. The standard InChI is InChI=1S/C27H27ClN2O6/c1-2-34-24-7-4-3-6-23(24)30-26(32)18-35-27(33)9-5-8-25(31)29-20-12-16-22(17-13-20)36-21-14-10-19(28)11-15-21/h3-4,6-7,10-17H,2,5,8-9,18H2,1H3,(H,29,31)(H,30,32). The third kappa shape index (κ3) is 8.96. The summed E-state index contributed by atoms with van der Waals surface area (Å²) in [6.07, 6.45) is 0.438. The molecular weight excluding hydrogens is 484 g/mol. The minimum absolute atomic E-state index is 0.0180. The zero-order valence-electron chi connectivity index (χ0n) is 19.8. The van der Waals surface area contributed by atoms with E-state index in [0.717, 1.165) is 0 Å². The van der Waals surface area contributed by atoms with Gasteiger partial charge in [0.25, 0.3) is 5.91 Å². The lowest BCUT2D eigenvalue weighted by atomic mass is 10.2. The van der Waals surface area contributed by atoms with Crippen LogP contribution in [0.2, 0.25) is 5.02 Å².